The third-order valence-corrected chi connectivity index (χ3v) is 4.76. The van der Waals surface area contributed by atoms with Crippen molar-refractivity contribution in [2.24, 2.45) is 10.1 Å². The molecule has 2 aromatic carbocycles. The molecule has 1 unspecified atom stereocenters. The van der Waals surface area contributed by atoms with E-state index >= 15 is 0 Å². The van der Waals surface area contributed by atoms with Crippen LogP contribution < -0.4 is 0 Å². The molecule has 0 saturated carbocycles. The summed E-state index contributed by atoms with van der Waals surface area (Å²) in [6, 6.07) is 11.8. The SMILES string of the molecule is CCN(C)/C=N\c1cc(C)c(/C(C)=N/OC(C)c2ccc(Cl)cc2)cc1C. The van der Waals surface area contributed by atoms with E-state index in [2.05, 4.69) is 43.1 Å². The first-order chi connectivity index (χ1) is 12.8. The van der Waals surface area contributed by atoms with Crippen LogP contribution >= 0.6 is 11.6 Å². The lowest BCUT2D eigenvalue weighted by Gasteiger charge is -2.13. The summed E-state index contributed by atoms with van der Waals surface area (Å²) in [5.74, 6) is 0. The normalized spacial score (nSPS) is 13.1. The van der Waals surface area contributed by atoms with Crippen molar-refractivity contribution in [3.05, 3.63) is 63.7 Å². The number of hydrogen-bond acceptors (Lipinski definition) is 3. The second-order valence-corrected chi connectivity index (χ2v) is 7.18. The van der Waals surface area contributed by atoms with Crippen molar-refractivity contribution in [2.45, 2.75) is 40.7 Å². The lowest BCUT2D eigenvalue weighted by Crippen LogP contribution is -2.14. The van der Waals surface area contributed by atoms with Gasteiger partial charge < -0.3 is 9.74 Å². The van der Waals surface area contributed by atoms with Gasteiger partial charge in [-0.1, -0.05) is 28.9 Å². The maximum absolute atomic E-state index is 5.94. The summed E-state index contributed by atoms with van der Waals surface area (Å²) in [4.78, 5) is 12.3. The van der Waals surface area contributed by atoms with Crippen LogP contribution in [0, 0.1) is 13.8 Å². The molecule has 0 aliphatic carbocycles. The van der Waals surface area contributed by atoms with Crippen molar-refractivity contribution >= 4 is 29.3 Å². The van der Waals surface area contributed by atoms with Crippen LogP contribution in [0.3, 0.4) is 0 Å². The van der Waals surface area contributed by atoms with Gasteiger partial charge in [-0.05, 0) is 75.6 Å². The van der Waals surface area contributed by atoms with Gasteiger partial charge in [-0.25, -0.2) is 4.99 Å². The number of aliphatic imine (C=N–C) groups is 1. The predicted octanol–water partition coefficient (Wildman–Crippen LogP) is 6.07. The van der Waals surface area contributed by atoms with E-state index in [1.54, 1.807) is 0 Å². The minimum Gasteiger partial charge on any atom is -0.388 e. The average Bonchev–Trinajstić information content (AvgIpc) is 2.66. The van der Waals surface area contributed by atoms with Crippen molar-refractivity contribution in [2.75, 3.05) is 13.6 Å². The second kappa shape index (κ2) is 9.56. The lowest BCUT2D eigenvalue weighted by molar-refractivity contribution is 0.0723. The zero-order chi connectivity index (χ0) is 20.0. The zero-order valence-corrected chi connectivity index (χ0v) is 17.7. The highest BCUT2D eigenvalue weighted by molar-refractivity contribution is 6.30. The fourth-order valence-electron chi connectivity index (χ4n) is 2.57. The fourth-order valence-corrected chi connectivity index (χ4v) is 2.70. The minimum absolute atomic E-state index is 0.146. The van der Waals surface area contributed by atoms with E-state index in [9.17, 15) is 0 Å². The zero-order valence-electron chi connectivity index (χ0n) is 17.0. The quantitative estimate of drug-likeness (QED) is 0.329. The highest BCUT2D eigenvalue weighted by atomic mass is 35.5. The first-order valence-corrected chi connectivity index (χ1v) is 9.51. The Balaban J connectivity index is 2.16. The van der Waals surface area contributed by atoms with Crippen molar-refractivity contribution < 1.29 is 4.84 Å². The van der Waals surface area contributed by atoms with E-state index in [0.29, 0.717) is 5.02 Å². The third-order valence-electron chi connectivity index (χ3n) is 4.51. The number of halogens is 1. The van der Waals surface area contributed by atoms with Crippen LogP contribution in [0.5, 0.6) is 0 Å². The Morgan fingerprint density at radius 1 is 1.19 bits per heavy atom. The molecule has 0 saturated heterocycles. The van der Waals surface area contributed by atoms with Crippen molar-refractivity contribution in [1.82, 2.24) is 4.90 Å². The standard InChI is InChI=1S/C22H28ClN3O/c1-7-26(6)14-24-22-13-15(2)21(12-16(22)3)17(4)25-27-18(5)19-8-10-20(23)11-9-19/h8-14,18H,7H2,1-6H3/b24-14-,25-17+. The molecule has 5 heteroatoms. The van der Waals surface area contributed by atoms with Crippen LogP contribution in [0.2, 0.25) is 5.02 Å². The summed E-state index contributed by atoms with van der Waals surface area (Å²) in [7, 11) is 2.01. The highest BCUT2D eigenvalue weighted by Crippen LogP contribution is 2.25. The molecule has 144 valence electrons. The van der Waals surface area contributed by atoms with E-state index in [0.717, 1.165) is 40.2 Å². The largest absolute Gasteiger partial charge is 0.388 e. The van der Waals surface area contributed by atoms with Crippen LogP contribution in [0.15, 0.2) is 46.5 Å². The molecule has 27 heavy (non-hydrogen) atoms. The molecule has 0 bridgehead atoms. The van der Waals surface area contributed by atoms with Gasteiger partial charge in [0.1, 0.15) is 6.10 Å². The number of benzene rings is 2. The molecule has 0 radical (unpaired) electrons. The molecule has 0 heterocycles. The van der Waals surface area contributed by atoms with E-state index < -0.39 is 0 Å². The Kier molecular flexibility index (Phi) is 7.43. The van der Waals surface area contributed by atoms with Crippen molar-refractivity contribution in [3.63, 3.8) is 0 Å². The molecule has 0 amide bonds. The first kappa shape index (κ1) is 21.0. The third kappa shape index (κ3) is 5.83. The van der Waals surface area contributed by atoms with Crippen molar-refractivity contribution in [3.8, 4) is 0 Å². The summed E-state index contributed by atoms with van der Waals surface area (Å²) in [6.45, 7) is 11.1. The van der Waals surface area contributed by atoms with Gasteiger partial charge in [0.2, 0.25) is 0 Å². The van der Waals surface area contributed by atoms with Gasteiger partial charge in [0, 0.05) is 24.2 Å². The predicted molar refractivity (Wildman–Crippen MR) is 116 cm³/mol. The summed E-state index contributed by atoms with van der Waals surface area (Å²) < 4.78 is 0. The minimum atomic E-state index is -0.146. The number of oxime groups is 1. The number of rotatable bonds is 7. The monoisotopic (exact) mass is 385 g/mol. The molecule has 0 fully saturated rings. The van der Waals surface area contributed by atoms with E-state index in [4.69, 9.17) is 16.4 Å². The average molecular weight is 386 g/mol. The molecule has 4 nitrogen and oxygen atoms in total. The van der Waals surface area contributed by atoms with E-state index in [-0.39, 0.29) is 6.10 Å². The fraction of sp³-hybridized carbons (Fsp3) is 0.364. The topological polar surface area (TPSA) is 37.2 Å². The lowest BCUT2D eigenvalue weighted by atomic mass is 10.0. The van der Waals surface area contributed by atoms with Crippen molar-refractivity contribution in [1.29, 1.82) is 0 Å². The van der Waals surface area contributed by atoms with Crippen LogP contribution in [0.25, 0.3) is 0 Å². The first-order valence-electron chi connectivity index (χ1n) is 9.13. The van der Waals surface area contributed by atoms with E-state index in [1.165, 1.54) is 0 Å². The molecule has 0 N–H and O–H groups in total. The van der Waals surface area contributed by atoms with Gasteiger partial charge in [-0.2, -0.15) is 0 Å². The molecule has 0 aliphatic rings. The second-order valence-electron chi connectivity index (χ2n) is 6.75. The van der Waals surface area contributed by atoms with Gasteiger partial charge in [-0.3, -0.25) is 0 Å². The molecule has 1 atom stereocenters. The summed E-state index contributed by atoms with van der Waals surface area (Å²) in [6.07, 6.45) is 1.71. The highest BCUT2D eigenvalue weighted by Gasteiger charge is 2.10. The Bertz CT molecular complexity index is 828. The van der Waals surface area contributed by atoms with Gasteiger partial charge in [0.15, 0.2) is 0 Å². The molecule has 2 rings (SSSR count). The summed E-state index contributed by atoms with van der Waals surface area (Å²) >= 11 is 5.94. The van der Waals surface area contributed by atoms with Crippen LogP contribution in [0.1, 0.15) is 49.1 Å². The number of aryl methyl sites for hydroxylation is 2. The van der Waals surface area contributed by atoms with Gasteiger partial charge in [-0.15, -0.1) is 0 Å². The Morgan fingerprint density at radius 3 is 2.48 bits per heavy atom. The Morgan fingerprint density at radius 2 is 1.85 bits per heavy atom. The molecular weight excluding hydrogens is 358 g/mol. The number of nitrogens with zero attached hydrogens (tertiary/aromatic N) is 3. The molecule has 0 spiro atoms. The van der Waals surface area contributed by atoms with E-state index in [1.807, 2.05) is 56.4 Å². The molecule has 0 aliphatic heterocycles. The maximum Gasteiger partial charge on any atom is 0.149 e. The van der Waals surface area contributed by atoms with Crippen LogP contribution in [-0.4, -0.2) is 30.5 Å². The Labute approximate surface area is 167 Å². The van der Waals surface area contributed by atoms with Crippen LogP contribution in [0.4, 0.5) is 5.69 Å². The molecular formula is C22H28ClN3O. The Hall–Kier alpha value is -2.33. The van der Waals surface area contributed by atoms with Gasteiger partial charge in [0.05, 0.1) is 17.7 Å². The van der Waals surface area contributed by atoms with Gasteiger partial charge >= 0.3 is 0 Å². The number of hydrogen-bond donors (Lipinski definition) is 0. The summed E-state index contributed by atoms with van der Waals surface area (Å²) in [5.41, 5.74) is 6.15. The van der Waals surface area contributed by atoms with Gasteiger partial charge in [0.25, 0.3) is 0 Å². The summed E-state index contributed by atoms with van der Waals surface area (Å²) in [5, 5.41) is 5.06. The maximum atomic E-state index is 5.94. The molecule has 0 aromatic heterocycles. The van der Waals surface area contributed by atoms with Crippen LogP contribution in [-0.2, 0) is 4.84 Å². The molecule has 2 aromatic rings. The smallest absolute Gasteiger partial charge is 0.149 e.